The number of hydrogen-bond acceptors (Lipinski definition) is 3. The second-order valence-corrected chi connectivity index (χ2v) is 6.56. The molecule has 1 aliphatic heterocycles. The van der Waals surface area contributed by atoms with Gasteiger partial charge in [0.05, 0.1) is 10.6 Å². The van der Waals surface area contributed by atoms with E-state index in [4.69, 9.17) is 16.3 Å². The largest absolute Gasteiger partial charge is 0.489 e. The molecule has 4 nitrogen and oxygen atoms in total. The van der Waals surface area contributed by atoms with Crippen molar-refractivity contribution >= 4 is 23.2 Å². The molecule has 136 valence electrons. The lowest BCUT2D eigenvalue weighted by atomic mass is 10.1. The number of fused-ring (bicyclic) bond motifs is 1. The number of anilines is 1. The van der Waals surface area contributed by atoms with Crippen LogP contribution in [0.25, 0.3) is 0 Å². The molecule has 2 N–H and O–H groups in total. The molecule has 1 aliphatic rings. The monoisotopic (exact) mass is 382 g/mol. The third-order valence-corrected chi connectivity index (χ3v) is 4.76. The number of para-hydroxylation sites is 1. The molecule has 0 fully saturated rings. The molecule has 0 radical (unpaired) electrons. The first-order valence-corrected chi connectivity index (χ1v) is 8.82. The van der Waals surface area contributed by atoms with Crippen molar-refractivity contribution in [1.29, 1.82) is 0 Å². The smallest absolute Gasteiger partial charge is 0.255 e. The summed E-state index contributed by atoms with van der Waals surface area (Å²) in [7, 11) is 0. The number of halogens is 2. The van der Waals surface area contributed by atoms with Crippen molar-refractivity contribution in [2.45, 2.75) is 12.8 Å². The highest BCUT2D eigenvalue weighted by atomic mass is 35.5. The van der Waals surface area contributed by atoms with Crippen LogP contribution >= 0.6 is 11.6 Å². The Morgan fingerprint density at radius 3 is 2.52 bits per heavy atom. The number of nitrogens with one attached hydrogen (secondary N) is 2. The maximum absolute atomic E-state index is 13.8. The molecule has 0 unspecified atom stereocenters. The van der Waals surface area contributed by atoms with Gasteiger partial charge in [-0.1, -0.05) is 41.9 Å². The number of rotatable bonds is 4. The minimum atomic E-state index is -0.396. The Labute approximate surface area is 160 Å². The summed E-state index contributed by atoms with van der Waals surface area (Å²) in [5.41, 5.74) is 2.62. The van der Waals surface area contributed by atoms with Crippen LogP contribution in [0.1, 0.15) is 27.7 Å². The average molecular weight is 383 g/mol. The average Bonchev–Trinajstić information content (AvgIpc) is 2.68. The minimum absolute atomic E-state index is 0.0383. The number of hydrogen-bond donors (Lipinski definition) is 2. The Kier molecular flexibility index (Phi) is 4.69. The zero-order valence-corrected chi connectivity index (χ0v) is 15.0. The first-order valence-electron chi connectivity index (χ1n) is 8.44. The van der Waals surface area contributed by atoms with Crippen molar-refractivity contribution < 1.29 is 13.9 Å². The Balaban J connectivity index is 1.46. The molecular weight excluding hydrogens is 367 g/mol. The van der Waals surface area contributed by atoms with E-state index in [1.807, 2.05) is 30.3 Å². The molecule has 1 amide bonds. The Morgan fingerprint density at radius 1 is 0.963 bits per heavy atom. The molecule has 0 saturated heterocycles. The van der Waals surface area contributed by atoms with Crippen molar-refractivity contribution in [3.63, 3.8) is 0 Å². The first kappa shape index (κ1) is 17.4. The van der Waals surface area contributed by atoms with Crippen LogP contribution in [0.4, 0.5) is 10.1 Å². The summed E-state index contributed by atoms with van der Waals surface area (Å²) in [5.74, 6) is 0.0661. The van der Waals surface area contributed by atoms with Gasteiger partial charge in [0.1, 0.15) is 24.3 Å². The van der Waals surface area contributed by atoms with Gasteiger partial charge >= 0.3 is 0 Å². The van der Waals surface area contributed by atoms with Gasteiger partial charge in [0.15, 0.2) is 0 Å². The molecule has 0 spiro atoms. The van der Waals surface area contributed by atoms with Gasteiger partial charge in [-0.15, -0.1) is 0 Å². The maximum Gasteiger partial charge on any atom is 0.255 e. The minimum Gasteiger partial charge on any atom is -0.489 e. The summed E-state index contributed by atoms with van der Waals surface area (Å²) in [6.07, 6.45) is -0.331. The number of ether oxygens (including phenoxy) is 1. The first-order chi connectivity index (χ1) is 13.1. The fourth-order valence-corrected chi connectivity index (χ4v) is 3.17. The number of amides is 1. The van der Waals surface area contributed by atoms with Crippen molar-refractivity contribution in [3.8, 4) is 5.75 Å². The van der Waals surface area contributed by atoms with Gasteiger partial charge in [-0.3, -0.25) is 4.79 Å². The molecule has 0 saturated carbocycles. The van der Waals surface area contributed by atoms with E-state index < -0.39 is 5.82 Å². The highest BCUT2D eigenvalue weighted by Gasteiger charge is 2.23. The fraction of sp³-hybridized carbons (Fsp3) is 0.0952. The molecule has 3 aromatic carbocycles. The standard InChI is InChI=1S/C21H16ClFN2O2/c22-17-5-3-6-18(23)16(17)12-27-14-10-8-13(9-11-14)20-24-19-7-2-1-4-15(19)21(26)25-20/h1-11,20,24H,12H2,(H,25,26)/t20-/m0/s1. The lowest BCUT2D eigenvalue weighted by Crippen LogP contribution is -2.38. The molecule has 0 aromatic heterocycles. The van der Waals surface area contributed by atoms with Gasteiger partial charge in [0.25, 0.3) is 5.91 Å². The van der Waals surface area contributed by atoms with Crippen LogP contribution in [-0.2, 0) is 6.61 Å². The van der Waals surface area contributed by atoms with Gasteiger partial charge in [0.2, 0.25) is 0 Å². The fourth-order valence-electron chi connectivity index (χ4n) is 2.96. The van der Waals surface area contributed by atoms with Crippen molar-refractivity contribution in [2.24, 2.45) is 0 Å². The lowest BCUT2D eigenvalue weighted by Gasteiger charge is -2.28. The van der Waals surface area contributed by atoms with E-state index in [0.717, 1.165) is 11.3 Å². The maximum atomic E-state index is 13.8. The highest BCUT2D eigenvalue weighted by Crippen LogP contribution is 2.27. The Bertz CT molecular complexity index is 971. The van der Waals surface area contributed by atoms with Crippen LogP contribution in [-0.4, -0.2) is 5.91 Å². The molecule has 4 rings (SSSR count). The predicted molar refractivity (Wildman–Crippen MR) is 102 cm³/mol. The summed E-state index contributed by atoms with van der Waals surface area (Å²) in [6.45, 7) is 0.0383. The highest BCUT2D eigenvalue weighted by molar-refractivity contribution is 6.31. The van der Waals surface area contributed by atoms with E-state index in [1.54, 1.807) is 30.3 Å². The van der Waals surface area contributed by atoms with Crippen LogP contribution in [0, 0.1) is 5.82 Å². The topological polar surface area (TPSA) is 50.4 Å². The second-order valence-electron chi connectivity index (χ2n) is 6.15. The molecule has 0 aliphatic carbocycles. The summed E-state index contributed by atoms with van der Waals surface area (Å²) >= 11 is 6.01. The molecule has 27 heavy (non-hydrogen) atoms. The SMILES string of the molecule is O=C1N[C@@H](c2ccc(OCc3c(F)cccc3Cl)cc2)Nc2ccccc21. The molecular formula is C21H16ClFN2O2. The Morgan fingerprint density at radius 2 is 1.74 bits per heavy atom. The summed E-state index contributed by atoms with van der Waals surface area (Å²) < 4.78 is 19.4. The van der Waals surface area contributed by atoms with Crippen molar-refractivity contribution in [3.05, 3.63) is 94.3 Å². The molecule has 6 heteroatoms. The molecule has 1 atom stereocenters. The molecule has 0 bridgehead atoms. The van der Waals surface area contributed by atoms with E-state index in [0.29, 0.717) is 21.9 Å². The Hall–Kier alpha value is -3.05. The van der Waals surface area contributed by atoms with Crippen molar-refractivity contribution in [1.82, 2.24) is 5.32 Å². The van der Waals surface area contributed by atoms with Gasteiger partial charge in [-0.05, 0) is 42.0 Å². The van der Waals surface area contributed by atoms with Crippen LogP contribution in [0.15, 0.2) is 66.7 Å². The number of carbonyl (C=O) groups is 1. The van der Waals surface area contributed by atoms with E-state index in [2.05, 4.69) is 10.6 Å². The zero-order valence-electron chi connectivity index (χ0n) is 14.2. The van der Waals surface area contributed by atoms with Gasteiger partial charge in [-0.2, -0.15) is 0 Å². The molecule has 3 aromatic rings. The van der Waals surface area contributed by atoms with Gasteiger partial charge < -0.3 is 15.4 Å². The summed E-state index contributed by atoms with van der Waals surface area (Å²) in [6, 6.07) is 19.1. The quantitative estimate of drug-likeness (QED) is 0.674. The third kappa shape index (κ3) is 3.59. The van der Waals surface area contributed by atoms with Crippen LogP contribution < -0.4 is 15.4 Å². The van der Waals surface area contributed by atoms with Crippen LogP contribution in [0.3, 0.4) is 0 Å². The lowest BCUT2D eigenvalue weighted by molar-refractivity contribution is 0.0935. The summed E-state index contributed by atoms with van der Waals surface area (Å²) in [4.78, 5) is 12.2. The second kappa shape index (κ2) is 7.29. The van der Waals surface area contributed by atoms with E-state index in [1.165, 1.54) is 6.07 Å². The van der Waals surface area contributed by atoms with E-state index in [-0.39, 0.29) is 18.7 Å². The normalized spacial score (nSPS) is 15.5. The summed E-state index contributed by atoms with van der Waals surface area (Å²) in [5, 5.41) is 6.55. The number of benzene rings is 3. The van der Waals surface area contributed by atoms with Crippen LogP contribution in [0.5, 0.6) is 5.75 Å². The van der Waals surface area contributed by atoms with Crippen LogP contribution in [0.2, 0.25) is 5.02 Å². The van der Waals surface area contributed by atoms with E-state index in [9.17, 15) is 9.18 Å². The zero-order chi connectivity index (χ0) is 18.8. The van der Waals surface area contributed by atoms with Gasteiger partial charge in [-0.25, -0.2) is 4.39 Å². The predicted octanol–water partition coefficient (Wildman–Crippen LogP) is 4.91. The van der Waals surface area contributed by atoms with Crippen molar-refractivity contribution in [2.75, 3.05) is 5.32 Å². The van der Waals surface area contributed by atoms with Gasteiger partial charge in [0, 0.05) is 11.3 Å². The number of carbonyl (C=O) groups excluding carboxylic acids is 1. The third-order valence-electron chi connectivity index (χ3n) is 4.41. The molecule has 1 heterocycles. The van der Waals surface area contributed by atoms with E-state index >= 15 is 0 Å².